The number of morpholine rings is 1. The summed E-state index contributed by atoms with van der Waals surface area (Å²) >= 11 is 0.551. The minimum Gasteiger partial charge on any atom is -0.477 e. The second kappa shape index (κ2) is 8.79. The van der Waals surface area contributed by atoms with Gasteiger partial charge in [0.25, 0.3) is 0 Å². The maximum Gasteiger partial charge on any atom is 0.573 e. The van der Waals surface area contributed by atoms with Crippen molar-refractivity contribution in [2.24, 2.45) is 0 Å². The van der Waals surface area contributed by atoms with Gasteiger partial charge in [0, 0.05) is 13.1 Å². The fourth-order valence-electron chi connectivity index (χ4n) is 3.44. The average Bonchev–Trinajstić information content (AvgIpc) is 3.08. The number of ether oxygens (including phenoxy) is 2. The van der Waals surface area contributed by atoms with Gasteiger partial charge in [-0.05, 0) is 24.6 Å². The highest BCUT2D eigenvalue weighted by Gasteiger charge is 2.52. The van der Waals surface area contributed by atoms with E-state index < -0.39 is 46.4 Å². The lowest BCUT2D eigenvalue weighted by atomic mass is 10.1. The molecule has 1 N–H and O–H groups in total. The molecule has 0 spiro atoms. The first kappa shape index (κ1) is 23.5. The van der Waals surface area contributed by atoms with E-state index in [0.717, 1.165) is 17.0 Å². The zero-order chi connectivity index (χ0) is 23.0. The van der Waals surface area contributed by atoms with Gasteiger partial charge in [-0.15, -0.1) is 13.2 Å². The van der Waals surface area contributed by atoms with Crippen LogP contribution >= 0.6 is 11.8 Å². The number of hydrogen-bond donors (Lipinski definition) is 1. The second-order valence-electron chi connectivity index (χ2n) is 6.78. The van der Waals surface area contributed by atoms with Gasteiger partial charge in [0.15, 0.2) is 0 Å². The average molecular weight is 472 g/mol. The zero-order valence-electron chi connectivity index (χ0n) is 16.0. The summed E-state index contributed by atoms with van der Waals surface area (Å²) in [4.78, 5) is 13.3. The summed E-state index contributed by atoms with van der Waals surface area (Å²) in [5.74, 6) is -2.30. The molecular formula is C18H18F6N2O4S. The Morgan fingerprint density at radius 1 is 1.23 bits per heavy atom. The van der Waals surface area contributed by atoms with Gasteiger partial charge in [0.2, 0.25) is 0 Å². The molecule has 0 bridgehead atoms. The topological polar surface area (TPSA) is 62.2 Å². The Kier molecular flexibility index (Phi) is 6.67. The van der Waals surface area contributed by atoms with E-state index >= 15 is 0 Å². The lowest BCUT2D eigenvalue weighted by molar-refractivity contribution is -0.274. The van der Waals surface area contributed by atoms with Gasteiger partial charge in [-0.2, -0.15) is 13.2 Å². The highest BCUT2D eigenvalue weighted by Crippen LogP contribution is 2.50. The molecule has 3 rings (SSSR count). The van der Waals surface area contributed by atoms with Crippen LogP contribution in [-0.2, 0) is 9.53 Å². The Labute approximate surface area is 177 Å². The quantitative estimate of drug-likeness (QED) is 0.646. The highest BCUT2D eigenvalue weighted by molar-refractivity contribution is 8.04. The first-order chi connectivity index (χ1) is 14.4. The first-order valence-electron chi connectivity index (χ1n) is 9.06. The summed E-state index contributed by atoms with van der Waals surface area (Å²) in [5, 5.41) is 9.41. The number of rotatable bonds is 5. The molecule has 6 nitrogen and oxygen atoms in total. The maximum absolute atomic E-state index is 13.9. The molecule has 0 radical (unpaired) electrons. The zero-order valence-corrected chi connectivity index (χ0v) is 16.9. The molecule has 0 amide bonds. The van der Waals surface area contributed by atoms with E-state index in [9.17, 15) is 36.2 Å². The van der Waals surface area contributed by atoms with Crippen LogP contribution in [-0.4, -0.2) is 65.2 Å². The number of thioether (sulfide) groups is 1. The van der Waals surface area contributed by atoms with Crippen molar-refractivity contribution < 1.29 is 45.7 Å². The number of halogens is 6. The van der Waals surface area contributed by atoms with Crippen molar-refractivity contribution in [3.63, 3.8) is 0 Å². The van der Waals surface area contributed by atoms with E-state index in [4.69, 9.17) is 4.74 Å². The predicted molar refractivity (Wildman–Crippen MR) is 97.9 cm³/mol. The van der Waals surface area contributed by atoms with Gasteiger partial charge in [0.1, 0.15) is 21.8 Å². The molecule has 172 valence electrons. The lowest BCUT2D eigenvalue weighted by Crippen LogP contribution is -2.50. The number of hydrogen-bond acceptors (Lipinski definition) is 6. The van der Waals surface area contributed by atoms with Crippen molar-refractivity contribution in [2.75, 3.05) is 26.3 Å². The van der Waals surface area contributed by atoms with Crippen molar-refractivity contribution >= 4 is 17.7 Å². The summed E-state index contributed by atoms with van der Waals surface area (Å²) in [6, 6.07) is 3.51. The minimum absolute atomic E-state index is 0.106. The molecule has 1 fully saturated rings. The molecule has 0 aromatic heterocycles. The second-order valence-corrected chi connectivity index (χ2v) is 7.84. The molecule has 2 heterocycles. The number of carbonyl (C=O) groups is 1. The first-order valence-corrected chi connectivity index (χ1v) is 9.93. The molecule has 2 atom stereocenters. The summed E-state index contributed by atoms with van der Waals surface area (Å²) in [6.45, 7) is 2.44. The van der Waals surface area contributed by atoms with Crippen molar-refractivity contribution in [2.45, 2.75) is 31.0 Å². The fourth-order valence-corrected chi connectivity index (χ4v) is 4.84. The molecule has 1 saturated heterocycles. The van der Waals surface area contributed by atoms with Gasteiger partial charge in [-0.3, -0.25) is 4.90 Å². The van der Waals surface area contributed by atoms with Gasteiger partial charge < -0.3 is 19.5 Å². The number of benzene rings is 1. The van der Waals surface area contributed by atoms with Crippen LogP contribution in [0.1, 0.15) is 18.5 Å². The Hall–Kier alpha value is -2.12. The van der Waals surface area contributed by atoms with Crippen molar-refractivity contribution in [3.05, 3.63) is 40.4 Å². The van der Waals surface area contributed by atoms with Crippen LogP contribution in [0.4, 0.5) is 26.3 Å². The van der Waals surface area contributed by atoms with Crippen LogP contribution in [0.15, 0.2) is 34.9 Å². The maximum atomic E-state index is 13.9. The monoisotopic (exact) mass is 472 g/mol. The molecule has 0 saturated carbocycles. The van der Waals surface area contributed by atoms with Gasteiger partial charge >= 0.3 is 18.5 Å². The van der Waals surface area contributed by atoms with Crippen LogP contribution in [0, 0.1) is 0 Å². The number of aliphatic carboxylic acids is 1. The van der Waals surface area contributed by atoms with Crippen LogP contribution in [0.5, 0.6) is 5.75 Å². The van der Waals surface area contributed by atoms with E-state index in [1.54, 1.807) is 4.90 Å². The third kappa shape index (κ3) is 5.39. The van der Waals surface area contributed by atoms with E-state index in [1.807, 2.05) is 0 Å². The number of alkyl halides is 6. The molecule has 2 aliphatic heterocycles. The third-order valence-electron chi connectivity index (χ3n) is 4.75. The molecule has 31 heavy (non-hydrogen) atoms. The normalized spacial score (nSPS) is 22.0. The Morgan fingerprint density at radius 3 is 2.42 bits per heavy atom. The molecule has 2 aliphatic rings. The number of allylic oxidation sites excluding steroid dienone is 1. The summed E-state index contributed by atoms with van der Waals surface area (Å²) in [5.41, 5.74) is -2.25. The molecule has 1 aromatic carbocycles. The van der Waals surface area contributed by atoms with Crippen molar-refractivity contribution in [1.29, 1.82) is 0 Å². The highest BCUT2D eigenvalue weighted by atomic mass is 32.2. The predicted octanol–water partition coefficient (Wildman–Crippen LogP) is 4.17. The molecular weight excluding hydrogens is 454 g/mol. The van der Waals surface area contributed by atoms with Crippen molar-refractivity contribution in [1.82, 2.24) is 9.80 Å². The van der Waals surface area contributed by atoms with Crippen LogP contribution in [0.2, 0.25) is 0 Å². The molecule has 0 aliphatic carbocycles. The number of carboxylic acid groups (broad SMARTS) is 1. The summed E-state index contributed by atoms with van der Waals surface area (Å²) in [6.07, 6.45) is -9.95. The van der Waals surface area contributed by atoms with E-state index in [0.29, 0.717) is 11.8 Å². The van der Waals surface area contributed by atoms with E-state index in [-0.39, 0.29) is 31.9 Å². The third-order valence-corrected chi connectivity index (χ3v) is 6.09. The van der Waals surface area contributed by atoms with Crippen LogP contribution in [0.25, 0.3) is 0 Å². The van der Waals surface area contributed by atoms with Crippen LogP contribution in [0.3, 0.4) is 0 Å². The standard InChI is InChI=1S/C18H18F6N2O4S/c1-10(11-3-2-4-12(9-11)30-18(22,23)24)26-14(17(19,20)21)13(15(27)28)31-16(26)25-5-7-29-8-6-25/h2-4,9-10,16H,5-8H2,1H3,(H,27,28). The Bertz CT molecular complexity index is 854. The molecule has 1 aromatic rings. The number of carboxylic acids is 1. The van der Waals surface area contributed by atoms with E-state index in [2.05, 4.69) is 4.74 Å². The largest absolute Gasteiger partial charge is 0.573 e. The molecule has 13 heteroatoms. The van der Waals surface area contributed by atoms with Crippen molar-refractivity contribution in [3.8, 4) is 5.75 Å². The SMILES string of the molecule is CC(c1cccc(OC(F)(F)F)c1)N1C(C(F)(F)F)=C(C(=O)O)SC1N1CCOCC1. The molecule has 2 unspecified atom stereocenters. The Balaban J connectivity index is 2.03. The van der Waals surface area contributed by atoms with Gasteiger partial charge in [0.05, 0.1) is 19.3 Å². The summed E-state index contributed by atoms with van der Waals surface area (Å²) < 4.78 is 88.6. The fraction of sp³-hybridized carbons (Fsp3) is 0.500. The van der Waals surface area contributed by atoms with Gasteiger partial charge in [-0.1, -0.05) is 23.9 Å². The lowest BCUT2D eigenvalue weighted by Gasteiger charge is -2.42. The minimum atomic E-state index is -4.99. The summed E-state index contributed by atoms with van der Waals surface area (Å²) in [7, 11) is 0. The van der Waals surface area contributed by atoms with Gasteiger partial charge in [-0.25, -0.2) is 4.79 Å². The smallest absolute Gasteiger partial charge is 0.477 e. The van der Waals surface area contributed by atoms with E-state index in [1.165, 1.54) is 19.1 Å². The van der Waals surface area contributed by atoms with Crippen LogP contribution < -0.4 is 4.74 Å². The number of nitrogens with zero attached hydrogens (tertiary/aromatic N) is 2. The Morgan fingerprint density at radius 2 is 1.87 bits per heavy atom.